The van der Waals surface area contributed by atoms with E-state index in [9.17, 15) is 4.79 Å². The van der Waals surface area contributed by atoms with Crippen molar-refractivity contribution in [2.75, 3.05) is 0 Å². The molecule has 14 heavy (non-hydrogen) atoms. The van der Waals surface area contributed by atoms with Crippen molar-refractivity contribution in [3.8, 4) is 11.8 Å². The lowest BCUT2D eigenvalue weighted by molar-refractivity contribution is -0.153. The molecule has 0 unspecified atom stereocenters. The topological polar surface area (TPSA) is 26.3 Å². The van der Waals surface area contributed by atoms with Gasteiger partial charge in [-0.25, -0.2) is 0 Å². The minimum Gasteiger partial charge on any atom is -0.459 e. The summed E-state index contributed by atoms with van der Waals surface area (Å²) in [7, 11) is 0. The number of hydrogen-bond acceptors (Lipinski definition) is 2. The first-order valence-electron chi connectivity index (χ1n) is 5.13. The van der Waals surface area contributed by atoms with Crippen LogP contribution >= 0.6 is 0 Å². The zero-order valence-corrected chi connectivity index (χ0v) is 9.64. The van der Waals surface area contributed by atoms with Crippen molar-refractivity contribution in [2.24, 2.45) is 0 Å². The molecule has 0 saturated heterocycles. The summed E-state index contributed by atoms with van der Waals surface area (Å²) in [6.45, 7) is 7.69. The fraction of sp³-hybridized carbons (Fsp3) is 0.750. The summed E-state index contributed by atoms with van der Waals surface area (Å²) in [5.74, 6) is 5.54. The molecule has 0 spiro atoms. The molecule has 0 atom stereocenters. The summed E-state index contributed by atoms with van der Waals surface area (Å²) in [5, 5.41) is 0. The van der Waals surface area contributed by atoms with Gasteiger partial charge in [-0.2, -0.15) is 0 Å². The highest BCUT2D eigenvalue weighted by molar-refractivity contribution is 5.72. The molecule has 80 valence electrons. The summed E-state index contributed by atoms with van der Waals surface area (Å²) in [4.78, 5) is 11.2. The molecule has 0 saturated carbocycles. The number of ether oxygens (including phenoxy) is 1. The van der Waals surface area contributed by atoms with E-state index in [0.29, 0.717) is 0 Å². The molecular weight excluding hydrogens is 176 g/mol. The van der Waals surface area contributed by atoms with Gasteiger partial charge in [0.05, 0.1) is 0 Å². The number of carbonyl (C=O) groups excluding carboxylic acids is 1. The molecule has 0 aliphatic rings. The summed E-state index contributed by atoms with van der Waals surface area (Å²) < 4.78 is 5.10. The quantitative estimate of drug-likeness (QED) is 0.394. The molecule has 0 rings (SSSR count). The Labute approximate surface area is 87.0 Å². The lowest BCUT2D eigenvalue weighted by Gasteiger charge is -2.18. The third-order valence-electron chi connectivity index (χ3n) is 1.43. The monoisotopic (exact) mass is 196 g/mol. The van der Waals surface area contributed by atoms with Crippen molar-refractivity contribution in [1.82, 2.24) is 0 Å². The highest BCUT2D eigenvalue weighted by Gasteiger charge is 2.14. The number of carbonyl (C=O) groups is 1. The molecule has 0 aromatic carbocycles. The minimum atomic E-state index is -0.401. The maximum Gasteiger partial charge on any atom is 0.318 e. The lowest BCUT2D eigenvalue weighted by atomic mass is 10.2. The van der Waals surface area contributed by atoms with Crippen molar-refractivity contribution in [3.05, 3.63) is 0 Å². The minimum absolute atomic E-state index is 0.209. The molecule has 0 heterocycles. The van der Waals surface area contributed by atoms with Crippen molar-refractivity contribution >= 4 is 5.97 Å². The van der Waals surface area contributed by atoms with Crippen LogP contribution in [0.4, 0.5) is 0 Å². The Bertz CT molecular complexity index is 225. The van der Waals surface area contributed by atoms with Gasteiger partial charge in [-0.3, -0.25) is 4.79 Å². The van der Waals surface area contributed by atoms with E-state index in [4.69, 9.17) is 4.74 Å². The Balaban J connectivity index is 3.67. The Morgan fingerprint density at radius 2 is 1.93 bits per heavy atom. The van der Waals surface area contributed by atoms with Gasteiger partial charge < -0.3 is 4.74 Å². The van der Waals surface area contributed by atoms with Crippen LogP contribution in [0.1, 0.15) is 53.4 Å². The van der Waals surface area contributed by atoms with Crippen LogP contribution in [0.3, 0.4) is 0 Å². The molecule has 0 amide bonds. The second-order valence-electron chi connectivity index (χ2n) is 4.22. The van der Waals surface area contributed by atoms with E-state index in [1.54, 1.807) is 0 Å². The van der Waals surface area contributed by atoms with Gasteiger partial charge in [0.1, 0.15) is 12.0 Å². The third kappa shape index (κ3) is 9.12. The second kappa shape index (κ2) is 6.48. The van der Waals surface area contributed by atoms with Gasteiger partial charge in [0.25, 0.3) is 0 Å². The SMILES string of the molecule is CCCCC#CCC(=O)OC(C)(C)C. The molecular formula is C12H20O2. The normalized spacial score (nSPS) is 10.3. The van der Waals surface area contributed by atoms with Crippen LogP contribution in [-0.2, 0) is 9.53 Å². The summed E-state index contributed by atoms with van der Waals surface area (Å²) in [6.07, 6.45) is 3.32. The van der Waals surface area contributed by atoms with Gasteiger partial charge in [-0.15, -0.1) is 5.92 Å². The smallest absolute Gasteiger partial charge is 0.318 e. The second-order valence-corrected chi connectivity index (χ2v) is 4.22. The van der Waals surface area contributed by atoms with Gasteiger partial charge in [0, 0.05) is 6.42 Å². The third-order valence-corrected chi connectivity index (χ3v) is 1.43. The van der Waals surface area contributed by atoms with Crippen molar-refractivity contribution < 1.29 is 9.53 Å². The Hall–Kier alpha value is -0.970. The van der Waals surface area contributed by atoms with E-state index >= 15 is 0 Å². The maximum absolute atomic E-state index is 11.2. The van der Waals surface area contributed by atoms with Gasteiger partial charge in [-0.05, 0) is 27.2 Å². The van der Waals surface area contributed by atoms with Crippen LogP contribution in [0, 0.1) is 11.8 Å². The van der Waals surface area contributed by atoms with Gasteiger partial charge in [0.15, 0.2) is 0 Å². The van der Waals surface area contributed by atoms with E-state index in [1.807, 2.05) is 20.8 Å². The molecule has 0 radical (unpaired) electrons. The van der Waals surface area contributed by atoms with Crippen LogP contribution < -0.4 is 0 Å². The summed E-state index contributed by atoms with van der Waals surface area (Å²) in [6, 6.07) is 0. The highest BCUT2D eigenvalue weighted by atomic mass is 16.6. The Morgan fingerprint density at radius 3 is 2.43 bits per heavy atom. The average Bonchev–Trinajstić information content (AvgIpc) is 2.00. The number of esters is 1. The predicted molar refractivity (Wildman–Crippen MR) is 57.8 cm³/mol. The Kier molecular flexibility index (Phi) is 6.03. The average molecular weight is 196 g/mol. The van der Waals surface area contributed by atoms with Crippen LogP contribution in [0.2, 0.25) is 0 Å². The van der Waals surface area contributed by atoms with Crippen molar-refractivity contribution in [1.29, 1.82) is 0 Å². The van der Waals surface area contributed by atoms with E-state index in [1.165, 1.54) is 0 Å². The van der Waals surface area contributed by atoms with E-state index in [0.717, 1.165) is 19.3 Å². The molecule has 0 fully saturated rings. The van der Waals surface area contributed by atoms with Crippen LogP contribution in [-0.4, -0.2) is 11.6 Å². The predicted octanol–water partition coefficient (Wildman–Crippen LogP) is 2.91. The summed E-state index contributed by atoms with van der Waals surface area (Å²) >= 11 is 0. The number of rotatable bonds is 3. The Morgan fingerprint density at radius 1 is 1.29 bits per heavy atom. The number of unbranched alkanes of at least 4 members (excludes halogenated alkanes) is 2. The molecule has 0 aliphatic carbocycles. The molecule has 0 aromatic rings. The zero-order chi connectivity index (χ0) is 11.0. The van der Waals surface area contributed by atoms with Crippen molar-refractivity contribution in [3.63, 3.8) is 0 Å². The van der Waals surface area contributed by atoms with Gasteiger partial charge in [0.2, 0.25) is 0 Å². The first-order valence-corrected chi connectivity index (χ1v) is 5.13. The lowest BCUT2D eigenvalue weighted by Crippen LogP contribution is -2.23. The van der Waals surface area contributed by atoms with Crippen molar-refractivity contribution in [2.45, 2.75) is 59.0 Å². The van der Waals surface area contributed by atoms with Gasteiger partial charge >= 0.3 is 5.97 Å². The molecule has 0 aromatic heterocycles. The molecule has 0 N–H and O–H groups in total. The highest BCUT2D eigenvalue weighted by Crippen LogP contribution is 2.07. The standard InChI is InChI=1S/C12H20O2/c1-5-6-7-8-9-10-11(13)14-12(2,3)4/h5-7,10H2,1-4H3. The maximum atomic E-state index is 11.2. The number of hydrogen-bond donors (Lipinski definition) is 0. The fourth-order valence-corrected chi connectivity index (χ4v) is 0.866. The molecule has 0 aliphatic heterocycles. The fourth-order valence-electron chi connectivity index (χ4n) is 0.866. The molecule has 2 heteroatoms. The van der Waals surface area contributed by atoms with Crippen LogP contribution in [0.5, 0.6) is 0 Å². The first kappa shape index (κ1) is 13.0. The van der Waals surface area contributed by atoms with E-state index in [-0.39, 0.29) is 12.4 Å². The van der Waals surface area contributed by atoms with Crippen LogP contribution in [0.25, 0.3) is 0 Å². The van der Waals surface area contributed by atoms with Crippen LogP contribution in [0.15, 0.2) is 0 Å². The van der Waals surface area contributed by atoms with E-state index < -0.39 is 5.60 Å². The van der Waals surface area contributed by atoms with Gasteiger partial charge in [-0.1, -0.05) is 19.3 Å². The zero-order valence-electron chi connectivity index (χ0n) is 9.64. The first-order chi connectivity index (χ1) is 6.45. The molecule has 0 bridgehead atoms. The summed E-state index contributed by atoms with van der Waals surface area (Å²) in [5.41, 5.74) is -0.401. The largest absolute Gasteiger partial charge is 0.459 e. The van der Waals surface area contributed by atoms with E-state index in [2.05, 4.69) is 18.8 Å². The molecule has 2 nitrogen and oxygen atoms in total.